The molecule has 5 nitrogen and oxygen atoms in total. The molecule has 2 aromatic heterocycles. The van der Waals surface area contributed by atoms with E-state index < -0.39 is 0 Å². The van der Waals surface area contributed by atoms with Gasteiger partial charge in [-0.15, -0.1) is 10.2 Å². The molecule has 0 amide bonds. The van der Waals surface area contributed by atoms with E-state index in [9.17, 15) is 0 Å². The van der Waals surface area contributed by atoms with Crippen LogP contribution < -0.4 is 5.32 Å². The van der Waals surface area contributed by atoms with Gasteiger partial charge in [0.1, 0.15) is 22.7 Å². The average Bonchev–Trinajstić information content (AvgIpc) is 2.83. The van der Waals surface area contributed by atoms with Gasteiger partial charge < -0.3 is 5.32 Å². The van der Waals surface area contributed by atoms with E-state index in [4.69, 9.17) is 0 Å². The first kappa shape index (κ1) is 12.7. The van der Waals surface area contributed by atoms with Gasteiger partial charge in [-0.3, -0.25) is 0 Å². The number of hydrogen-bond donors (Lipinski definition) is 1. The first-order valence-electron chi connectivity index (χ1n) is 4.99. The third-order valence-corrected chi connectivity index (χ3v) is 4.62. The van der Waals surface area contributed by atoms with Crippen LogP contribution in [0.15, 0.2) is 25.7 Å². The van der Waals surface area contributed by atoms with Gasteiger partial charge in [0.15, 0.2) is 4.34 Å². The van der Waals surface area contributed by atoms with Crippen molar-refractivity contribution in [2.45, 2.75) is 22.7 Å². The molecule has 0 aliphatic heterocycles. The summed E-state index contributed by atoms with van der Waals surface area (Å²) < 4.78 is 1.74. The molecule has 17 heavy (non-hydrogen) atoms. The van der Waals surface area contributed by atoms with E-state index in [1.165, 1.54) is 23.1 Å². The second-order valence-electron chi connectivity index (χ2n) is 3.07. The highest BCUT2D eigenvalue weighted by atomic mass is 79.9. The molecule has 0 fully saturated rings. The van der Waals surface area contributed by atoms with Gasteiger partial charge in [-0.2, -0.15) is 0 Å². The molecule has 0 radical (unpaired) electrons. The standard InChI is InChI=1S/C9H10BrN5S2/c1-2-3-11-7-6(10)8(13-4-12-7)17-9-15-14-5-16-9/h4-5H,2-3H2,1H3,(H,11,12,13). The molecule has 0 unspecified atom stereocenters. The molecule has 0 saturated heterocycles. The lowest BCUT2D eigenvalue weighted by atomic mass is 10.4. The summed E-state index contributed by atoms with van der Waals surface area (Å²) in [6.07, 6.45) is 2.60. The Morgan fingerprint density at radius 1 is 1.47 bits per heavy atom. The summed E-state index contributed by atoms with van der Waals surface area (Å²) in [5.74, 6) is 0.814. The van der Waals surface area contributed by atoms with Gasteiger partial charge in [-0.05, 0) is 34.1 Å². The van der Waals surface area contributed by atoms with E-state index in [1.54, 1.807) is 11.8 Å². The Morgan fingerprint density at radius 2 is 2.35 bits per heavy atom. The van der Waals surface area contributed by atoms with Crippen molar-refractivity contribution in [2.24, 2.45) is 0 Å². The third-order valence-electron chi connectivity index (χ3n) is 1.82. The maximum Gasteiger partial charge on any atom is 0.180 e. The molecule has 2 aromatic rings. The molecule has 1 N–H and O–H groups in total. The van der Waals surface area contributed by atoms with Crippen LogP contribution >= 0.6 is 39.0 Å². The number of halogens is 1. The zero-order valence-electron chi connectivity index (χ0n) is 9.05. The van der Waals surface area contributed by atoms with E-state index >= 15 is 0 Å². The molecule has 0 atom stereocenters. The fourth-order valence-electron chi connectivity index (χ4n) is 1.08. The Kier molecular flexibility index (Phi) is 4.69. The van der Waals surface area contributed by atoms with Crippen molar-refractivity contribution >= 4 is 44.8 Å². The van der Waals surface area contributed by atoms with Crippen molar-refractivity contribution in [3.63, 3.8) is 0 Å². The molecule has 0 spiro atoms. The Balaban J connectivity index is 2.17. The highest BCUT2D eigenvalue weighted by Gasteiger charge is 2.11. The van der Waals surface area contributed by atoms with Crippen molar-refractivity contribution in [3.8, 4) is 0 Å². The minimum atomic E-state index is 0.814. The highest BCUT2D eigenvalue weighted by Crippen LogP contribution is 2.35. The van der Waals surface area contributed by atoms with Crippen LogP contribution in [0.5, 0.6) is 0 Å². The lowest BCUT2D eigenvalue weighted by Crippen LogP contribution is -2.03. The van der Waals surface area contributed by atoms with E-state index in [0.29, 0.717) is 0 Å². The van der Waals surface area contributed by atoms with Crippen molar-refractivity contribution < 1.29 is 0 Å². The second kappa shape index (κ2) is 6.27. The number of anilines is 1. The van der Waals surface area contributed by atoms with Gasteiger partial charge in [0.05, 0.1) is 4.47 Å². The van der Waals surface area contributed by atoms with Crippen LogP contribution in [0, 0.1) is 0 Å². The lowest BCUT2D eigenvalue weighted by molar-refractivity contribution is 0.944. The maximum atomic E-state index is 4.23. The van der Waals surface area contributed by atoms with Crippen LogP contribution in [0.3, 0.4) is 0 Å². The molecular weight excluding hydrogens is 322 g/mol. The topological polar surface area (TPSA) is 63.6 Å². The van der Waals surface area contributed by atoms with Gasteiger partial charge in [-0.25, -0.2) is 9.97 Å². The molecule has 0 bridgehead atoms. The van der Waals surface area contributed by atoms with Crippen molar-refractivity contribution in [1.29, 1.82) is 0 Å². The van der Waals surface area contributed by atoms with Gasteiger partial charge in [0.2, 0.25) is 0 Å². The zero-order chi connectivity index (χ0) is 12.1. The predicted molar refractivity (Wildman–Crippen MR) is 72.5 cm³/mol. The fourth-order valence-corrected chi connectivity index (χ4v) is 3.05. The SMILES string of the molecule is CCCNc1ncnc(Sc2nncs2)c1Br. The summed E-state index contributed by atoms with van der Waals surface area (Å²) in [4.78, 5) is 8.42. The first-order valence-corrected chi connectivity index (χ1v) is 7.48. The van der Waals surface area contributed by atoms with Crippen molar-refractivity contribution in [2.75, 3.05) is 11.9 Å². The van der Waals surface area contributed by atoms with Crippen LogP contribution in [-0.4, -0.2) is 26.7 Å². The summed E-state index contributed by atoms with van der Waals surface area (Å²) in [7, 11) is 0. The van der Waals surface area contributed by atoms with Crippen LogP contribution in [0.1, 0.15) is 13.3 Å². The Hall–Kier alpha value is -0.730. The lowest BCUT2D eigenvalue weighted by Gasteiger charge is -2.07. The summed E-state index contributed by atoms with van der Waals surface area (Å²) >= 11 is 6.47. The molecule has 2 rings (SSSR count). The molecule has 0 saturated carbocycles. The maximum absolute atomic E-state index is 4.23. The van der Waals surface area contributed by atoms with Gasteiger partial charge in [0.25, 0.3) is 0 Å². The summed E-state index contributed by atoms with van der Waals surface area (Å²) in [5, 5.41) is 11.8. The Bertz CT molecular complexity index is 476. The molecule has 0 aliphatic carbocycles. The molecule has 0 aromatic carbocycles. The van der Waals surface area contributed by atoms with Crippen LogP contribution in [0.2, 0.25) is 0 Å². The minimum Gasteiger partial charge on any atom is -0.369 e. The zero-order valence-corrected chi connectivity index (χ0v) is 12.3. The summed E-state index contributed by atoms with van der Waals surface area (Å²) in [6, 6.07) is 0. The summed E-state index contributed by atoms with van der Waals surface area (Å²) in [6.45, 7) is 3.00. The summed E-state index contributed by atoms with van der Waals surface area (Å²) in [5.41, 5.74) is 1.70. The van der Waals surface area contributed by atoms with E-state index in [0.717, 1.165) is 32.6 Å². The quantitative estimate of drug-likeness (QED) is 0.849. The second-order valence-corrected chi connectivity index (χ2v) is 5.94. The average molecular weight is 332 g/mol. The Morgan fingerprint density at radius 3 is 3.06 bits per heavy atom. The number of rotatable bonds is 5. The molecular formula is C9H10BrN5S2. The largest absolute Gasteiger partial charge is 0.369 e. The monoisotopic (exact) mass is 331 g/mol. The number of aromatic nitrogens is 4. The predicted octanol–water partition coefficient (Wildman–Crippen LogP) is 3.06. The molecule has 90 valence electrons. The van der Waals surface area contributed by atoms with E-state index in [1.807, 2.05) is 0 Å². The van der Waals surface area contributed by atoms with Crippen LogP contribution in [0.25, 0.3) is 0 Å². The van der Waals surface area contributed by atoms with Crippen molar-refractivity contribution in [1.82, 2.24) is 20.2 Å². The van der Waals surface area contributed by atoms with Gasteiger partial charge >= 0.3 is 0 Å². The van der Waals surface area contributed by atoms with Crippen LogP contribution in [-0.2, 0) is 0 Å². The van der Waals surface area contributed by atoms with Gasteiger partial charge in [-0.1, -0.05) is 18.3 Å². The van der Waals surface area contributed by atoms with E-state index in [-0.39, 0.29) is 0 Å². The highest BCUT2D eigenvalue weighted by molar-refractivity contribution is 9.10. The first-order chi connectivity index (χ1) is 8.31. The smallest absolute Gasteiger partial charge is 0.180 e. The normalized spacial score (nSPS) is 10.5. The molecule has 0 aliphatic rings. The van der Waals surface area contributed by atoms with Crippen LogP contribution in [0.4, 0.5) is 5.82 Å². The third kappa shape index (κ3) is 3.36. The van der Waals surface area contributed by atoms with E-state index in [2.05, 4.69) is 48.3 Å². The number of hydrogen-bond acceptors (Lipinski definition) is 7. The minimum absolute atomic E-state index is 0.814. The number of nitrogens with zero attached hydrogens (tertiary/aromatic N) is 4. The fraction of sp³-hybridized carbons (Fsp3) is 0.333. The number of nitrogens with one attached hydrogen (secondary N) is 1. The van der Waals surface area contributed by atoms with Crippen molar-refractivity contribution in [3.05, 3.63) is 16.3 Å². The molecule has 2 heterocycles. The van der Waals surface area contributed by atoms with Gasteiger partial charge in [0, 0.05) is 6.54 Å². The molecule has 8 heteroatoms. The Labute approximate surface area is 116 Å².